The maximum atomic E-state index is 5.28. The first kappa shape index (κ1) is 15.9. The first-order valence-electron chi connectivity index (χ1n) is 6.69. The lowest BCUT2D eigenvalue weighted by Gasteiger charge is -2.11. The molecule has 0 unspecified atom stereocenters. The van der Waals surface area contributed by atoms with Gasteiger partial charge in [0.1, 0.15) is 0 Å². The number of rotatable bonds is 8. The summed E-state index contributed by atoms with van der Waals surface area (Å²) in [6.07, 6.45) is 3.83. The highest BCUT2D eigenvalue weighted by molar-refractivity contribution is 7.11. The first-order valence-corrected chi connectivity index (χ1v) is 7.51. The van der Waals surface area contributed by atoms with E-state index in [0.29, 0.717) is 0 Å². The molecule has 1 rings (SSSR count). The lowest BCUT2D eigenvalue weighted by atomic mass is 10.4. The predicted molar refractivity (Wildman–Crippen MR) is 81.0 cm³/mol. The molecule has 1 aromatic rings. The van der Waals surface area contributed by atoms with Crippen molar-refractivity contribution in [2.75, 3.05) is 33.4 Å². The zero-order valence-corrected chi connectivity index (χ0v) is 12.8. The molecule has 19 heavy (non-hydrogen) atoms. The quantitative estimate of drug-likeness (QED) is 0.432. The van der Waals surface area contributed by atoms with Gasteiger partial charge in [0.2, 0.25) is 0 Å². The minimum absolute atomic E-state index is 0.778. The number of hydrogen-bond donors (Lipinski definition) is 2. The molecule has 0 amide bonds. The van der Waals surface area contributed by atoms with Gasteiger partial charge in [-0.1, -0.05) is 0 Å². The maximum Gasteiger partial charge on any atom is 0.190 e. The van der Waals surface area contributed by atoms with Gasteiger partial charge in [0.25, 0.3) is 0 Å². The van der Waals surface area contributed by atoms with Crippen LogP contribution in [-0.4, -0.2) is 44.3 Å². The summed E-state index contributed by atoms with van der Waals surface area (Å²) in [5.74, 6) is 0.838. The second-order valence-corrected chi connectivity index (χ2v) is 5.41. The van der Waals surface area contributed by atoms with Gasteiger partial charge in [-0.3, -0.25) is 4.99 Å². The smallest absolute Gasteiger partial charge is 0.190 e. The Morgan fingerprint density at radius 3 is 2.84 bits per heavy atom. The first-order chi connectivity index (χ1) is 9.26. The van der Waals surface area contributed by atoms with E-state index < -0.39 is 0 Å². The van der Waals surface area contributed by atoms with Crippen LogP contribution in [0.1, 0.15) is 23.2 Å². The number of nitrogens with one attached hydrogen (secondary N) is 2. The fourth-order valence-corrected chi connectivity index (χ4v) is 2.34. The molecule has 6 heteroatoms. The van der Waals surface area contributed by atoms with Crippen molar-refractivity contribution in [3.8, 4) is 0 Å². The molecular weight excluding hydrogens is 260 g/mol. The van der Waals surface area contributed by atoms with Crippen molar-refractivity contribution >= 4 is 17.3 Å². The second-order valence-electron chi connectivity index (χ2n) is 4.09. The third-order valence-corrected chi connectivity index (χ3v) is 3.46. The summed E-state index contributed by atoms with van der Waals surface area (Å²) < 4.78 is 5.28. The van der Waals surface area contributed by atoms with Crippen molar-refractivity contribution in [1.29, 1.82) is 0 Å². The summed E-state index contributed by atoms with van der Waals surface area (Å²) in [5.41, 5.74) is 0. The summed E-state index contributed by atoms with van der Waals surface area (Å²) in [6.45, 7) is 7.37. The molecule has 0 aliphatic carbocycles. The SMILES string of the molecule is CCOCCCNC(=NC)NCCc1ncc(C)s1. The van der Waals surface area contributed by atoms with Crippen LogP contribution >= 0.6 is 11.3 Å². The molecule has 108 valence electrons. The molecule has 0 bridgehead atoms. The highest BCUT2D eigenvalue weighted by Crippen LogP contribution is 2.10. The largest absolute Gasteiger partial charge is 0.382 e. The lowest BCUT2D eigenvalue weighted by molar-refractivity contribution is 0.145. The third kappa shape index (κ3) is 7.12. The number of guanidine groups is 1. The summed E-state index contributed by atoms with van der Waals surface area (Å²) in [4.78, 5) is 9.77. The van der Waals surface area contributed by atoms with Crippen LogP contribution in [-0.2, 0) is 11.2 Å². The van der Waals surface area contributed by atoms with E-state index >= 15 is 0 Å². The van der Waals surface area contributed by atoms with Crippen LogP contribution in [0.2, 0.25) is 0 Å². The Balaban J connectivity index is 2.11. The summed E-state index contributed by atoms with van der Waals surface area (Å²) >= 11 is 1.75. The van der Waals surface area contributed by atoms with Gasteiger partial charge < -0.3 is 15.4 Å². The molecule has 0 atom stereocenters. The predicted octanol–water partition coefficient (Wildman–Crippen LogP) is 1.59. The number of ether oxygens (including phenoxy) is 1. The van der Waals surface area contributed by atoms with E-state index in [4.69, 9.17) is 4.74 Å². The van der Waals surface area contributed by atoms with Crippen molar-refractivity contribution in [2.45, 2.75) is 26.7 Å². The zero-order valence-electron chi connectivity index (χ0n) is 12.0. The second kappa shape index (κ2) is 9.75. The average molecular weight is 284 g/mol. The van der Waals surface area contributed by atoms with Crippen molar-refractivity contribution in [3.63, 3.8) is 0 Å². The van der Waals surface area contributed by atoms with Gasteiger partial charge >= 0.3 is 0 Å². The van der Waals surface area contributed by atoms with Crippen LogP contribution in [0.15, 0.2) is 11.2 Å². The van der Waals surface area contributed by atoms with Crippen molar-refractivity contribution in [2.24, 2.45) is 4.99 Å². The molecular formula is C13H24N4OS. The Morgan fingerprint density at radius 1 is 1.42 bits per heavy atom. The fourth-order valence-electron chi connectivity index (χ4n) is 1.55. The van der Waals surface area contributed by atoms with Gasteiger partial charge in [-0.2, -0.15) is 0 Å². The average Bonchev–Trinajstić information content (AvgIpc) is 2.82. The molecule has 1 aromatic heterocycles. The Hall–Kier alpha value is -1.14. The summed E-state index contributed by atoms with van der Waals surface area (Å²) in [6, 6.07) is 0. The van der Waals surface area contributed by atoms with E-state index in [9.17, 15) is 0 Å². The topological polar surface area (TPSA) is 58.5 Å². The lowest BCUT2D eigenvalue weighted by Crippen LogP contribution is -2.39. The Bertz CT molecular complexity index is 378. The van der Waals surface area contributed by atoms with Crippen LogP contribution in [0.3, 0.4) is 0 Å². The molecule has 0 aromatic carbocycles. The minimum atomic E-state index is 0.778. The number of hydrogen-bond acceptors (Lipinski definition) is 4. The number of aliphatic imine (C=N–C) groups is 1. The summed E-state index contributed by atoms with van der Waals surface area (Å²) in [7, 11) is 1.78. The van der Waals surface area contributed by atoms with Gasteiger partial charge in [-0.05, 0) is 20.3 Å². The van der Waals surface area contributed by atoms with Gasteiger partial charge in [-0.15, -0.1) is 11.3 Å². The van der Waals surface area contributed by atoms with Gasteiger partial charge in [0.15, 0.2) is 5.96 Å². The molecule has 5 nitrogen and oxygen atoms in total. The maximum absolute atomic E-state index is 5.28. The van der Waals surface area contributed by atoms with Crippen LogP contribution in [0, 0.1) is 6.92 Å². The highest BCUT2D eigenvalue weighted by Gasteiger charge is 2.00. The van der Waals surface area contributed by atoms with Crippen LogP contribution in [0.4, 0.5) is 0 Å². The van der Waals surface area contributed by atoms with Crippen molar-refractivity contribution in [3.05, 3.63) is 16.1 Å². The van der Waals surface area contributed by atoms with Gasteiger partial charge in [0, 0.05) is 50.8 Å². The number of aromatic nitrogens is 1. The molecule has 0 aliphatic rings. The molecule has 0 spiro atoms. The Labute approximate surface area is 119 Å². The Kier molecular flexibility index (Phi) is 8.16. The van der Waals surface area contributed by atoms with E-state index in [1.54, 1.807) is 18.4 Å². The van der Waals surface area contributed by atoms with Gasteiger partial charge in [-0.25, -0.2) is 4.98 Å². The van der Waals surface area contributed by atoms with Gasteiger partial charge in [0.05, 0.1) is 5.01 Å². The molecule has 0 radical (unpaired) electrons. The monoisotopic (exact) mass is 284 g/mol. The molecule has 2 N–H and O–H groups in total. The molecule has 0 fully saturated rings. The molecule has 1 heterocycles. The standard InChI is InChI=1S/C13H24N4OS/c1-4-18-9-5-7-15-13(14-3)16-8-6-12-17-10-11(2)19-12/h10H,4-9H2,1-3H3,(H2,14,15,16). The van der Waals surface area contributed by atoms with Crippen molar-refractivity contribution < 1.29 is 4.74 Å². The van der Waals surface area contributed by atoms with E-state index in [2.05, 4.69) is 27.5 Å². The zero-order chi connectivity index (χ0) is 13.9. The van der Waals surface area contributed by atoms with E-state index in [1.165, 1.54) is 4.88 Å². The molecule has 0 saturated carbocycles. The number of thiazole rings is 1. The fraction of sp³-hybridized carbons (Fsp3) is 0.692. The third-order valence-electron chi connectivity index (χ3n) is 2.49. The van der Waals surface area contributed by atoms with Crippen molar-refractivity contribution in [1.82, 2.24) is 15.6 Å². The van der Waals surface area contributed by atoms with E-state index in [-0.39, 0.29) is 0 Å². The van der Waals surface area contributed by atoms with Crippen LogP contribution < -0.4 is 10.6 Å². The van der Waals surface area contributed by atoms with Crippen LogP contribution in [0.5, 0.6) is 0 Å². The number of nitrogens with zero attached hydrogens (tertiary/aromatic N) is 2. The highest BCUT2D eigenvalue weighted by atomic mass is 32.1. The summed E-state index contributed by atoms with van der Waals surface area (Å²) in [5, 5.41) is 7.71. The molecule has 0 saturated heterocycles. The van der Waals surface area contributed by atoms with E-state index in [0.717, 1.165) is 50.1 Å². The number of aryl methyl sites for hydroxylation is 1. The van der Waals surface area contributed by atoms with E-state index in [1.807, 2.05) is 13.1 Å². The molecule has 0 aliphatic heterocycles. The Morgan fingerprint density at radius 2 is 2.21 bits per heavy atom. The minimum Gasteiger partial charge on any atom is -0.382 e. The normalized spacial score (nSPS) is 11.6. The van der Waals surface area contributed by atoms with Crippen LogP contribution in [0.25, 0.3) is 0 Å².